The minimum Gasteiger partial charge on any atom is -0.497 e. The van der Waals surface area contributed by atoms with Gasteiger partial charge < -0.3 is 9.47 Å². The molecule has 7 nitrogen and oxygen atoms in total. The third-order valence-electron chi connectivity index (χ3n) is 4.51. The first-order valence-corrected chi connectivity index (χ1v) is 12.8. The zero-order chi connectivity index (χ0) is 22.6. The molecule has 11 heteroatoms. The minimum absolute atomic E-state index is 0.0766. The Labute approximate surface area is 184 Å². The Bertz CT molecular complexity index is 1240. The molecule has 0 saturated heterocycles. The predicted molar refractivity (Wildman–Crippen MR) is 115 cm³/mol. The van der Waals surface area contributed by atoms with Crippen molar-refractivity contribution >= 4 is 31.2 Å². The van der Waals surface area contributed by atoms with Crippen molar-refractivity contribution < 1.29 is 30.7 Å². The number of ether oxygens (including phenoxy) is 2. The third-order valence-corrected chi connectivity index (χ3v) is 9.49. The molecule has 1 heterocycles. The maximum Gasteiger partial charge on any atom is 0.244 e. The highest BCUT2D eigenvalue weighted by Gasteiger charge is 2.32. The monoisotopic (exact) mass is 485 g/mol. The molecule has 0 saturated carbocycles. The molecule has 2 aromatic carbocycles. The number of sulfonamides is 1. The molecular formula is C20H20FNO6S3. The van der Waals surface area contributed by atoms with E-state index in [-0.39, 0.29) is 20.4 Å². The van der Waals surface area contributed by atoms with Gasteiger partial charge >= 0.3 is 0 Å². The maximum atomic E-state index is 13.4. The zero-order valence-electron chi connectivity index (χ0n) is 16.6. The van der Waals surface area contributed by atoms with Crippen LogP contribution in [0.25, 0.3) is 0 Å². The Hall–Kier alpha value is -2.47. The Morgan fingerprint density at radius 1 is 1.00 bits per heavy atom. The second kappa shape index (κ2) is 9.35. The molecule has 166 valence electrons. The van der Waals surface area contributed by atoms with Gasteiger partial charge in [0.15, 0.2) is 9.84 Å². The summed E-state index contributed by atoms with van der Waals surface area (Å²) < 4.78 is 78.4. The zero-order valence-corrected chi connectivity index (χ0v) is 19.1. The van der Waals surface area contributed by atoms with E-state index < -0.39 is 37.5 Å². The van der Waals surface area contributed by atoms with Gasteiger partial charge in [-0.2, -0.15) is 0 Å². The summed E-state index contributed by atoms with van der Waals surface area (Å²) in [7, 11) is -5.39. The molecule has 0 aliphatic rings. The summed E-state index contributed by atoms with van der Waals surface area (Å²) in [5, 5.41) is 0.345. The van der Waals surface area contributed by atoms with Gasteiger partial charge in [0.05, 0.1) is 14.2 Å². The van der Waals surface area contributed by atoms with Crippen molar-refractivity contribution in [3.63, 3.8) is 0 Å². The maximum absolute atomic E-state index is 13.4. The summed E-state index contributed by atoms with van der Waals surface area (Å²) in [5.41, 5.74) is 0.259. The summed E-state index contributed by atoms with van der Waals surface area (Å²) in [6.45, 7) is -0.464. The molecule has 1 N–H and O–H groups in total. The molecule has 0 spiro atoms. The lowest BCUT2D eigenvalue weighted by Crippen LogP contribution is -2.32. The fourth-order valence-corrected chi connectivity index (χ4v) is 7.11. The van der Waals surface area contributed by atoms with Crippen molar-refractivity contribution in [3.8, 4) is 11.5 Å². The van der Waals surface area contributed by atoms with Gasteiger partial charge in [-0.1, -0.05) is 18.2 Å². The van der Waals surface area contributed by atoms with E-state index in [1.54, 1.807) is 17.5 Å². The molecule has 3 aromatic rings. The molecule has 1 atom stereocenters. The van der Waals surface area contributed by atoms with E-state index in [1.807, 2.05) is 0 Å². The van der Waals surface area contributed by atoms with Gasteiger partial charge in [0.25, 0.3) is 0 Å². The van der Waals surface area contributed by atoms with Crippen LogP contribution in [0.4, 0.5) is 4.39 Å². The number of methoxy groups -OCH3 is 2. The van der Waals surface area contributed by atoms with E-state index in [2.05, 4.69) is 4.72 Å². The normalized spacial score (nSPS) is 13.0. The second-order valence-electron chi connectivity index (χ2n) is 6.39. The lowest BCUT2D eigenvalue weighted by molar-refractivity contribution is 0.392. The average molecular weight is 486 g/mol. The van der Waals surface area contributed by atoms with Crippen LogP contribution in [0.2, 0.25) is 0 Å². The van der Waals surface area contributed by atoms with Crippen molar-refractivity contribution in [2.75, 3.05) is 20.8 Å². The molecule has 31 heavy (non-hydrogen) atoms. The first-order valence-electron chi connectivity index (χ1n) is 8.93. The SMILES string of the molecule is COc1ccc(OC)c(S(=O)(=O)NCC(c2ccc(F)cc2)S(=O)(=O)c2cccs2)c1. The van der Waals surface area contributed by atoms with Crippen LogP contribution in [0.1, 0.15) is 10.8 Å². The van der Waals surface area contributed by atoms with Gasteiger partial charge in [-0.15, -0.1) is 11.3 Å². The van der Waals surface area contributed by atoms with E-state index in [0.717, 1.165) is 23.5 Å². The fraction of sp³-hybridized carbons (Fsp3) is 0.200. The van der Waals surface area contributed by atoms with Crippen molar-refractivity contribution in [2.24, 2.45) is 0 Å². The first-order chi connectivity index (χ1) is 14.7. The van der Waals surface area contributed by atoms with Crippen LogP contribution in [0, 0.1) is 5.82 Å². The van der Waals surface area contributed by atoms with Gasteiger partial charge in [-0.3, -0.25) is 0 Å². The van der Waals surface area contributed by atoms with E-state index in [4.69, 9.17) is 9.47 Å². The molecule has 0 aliphatic heterocycles. The number of sulfone groups is 1. The van der Waals surface area contributed by atoms with Gasteiger partial charge in [-0.05, 0) is 41.3 Å². The molecule has 0 bridgehead atoms. The van der Waals surface area contributed by atoms with Gasteiger partial charge in [0.2, 0.25) is 10.0 Å². The van der Waals surface area contributed by atoms with Crippen LogP contribution >= 0.6 is 11.3 Å². The van der Waals surface area contributed by atoms with E-state index in [1.165, 1.54) is 44.6 Å². The first kappa shape index (κ1) is 23.2. The van der Waals surface area contributed by atoms with Crippen LogP contribution in [0.15, 0.2) is 69.1 Å². The van der Waals surface area contributed by atoms with Crippen molar-refractivity contribution in [1.29, 1.82) is 0 Å². The number of nitrogens with one attached hydrogen (secondary N) is 1. The molecule has 3 rings (SSSR count). The molecule has 0 fully saturated rings. The Morgan fingerprint density at radius 2 is 1.71 bits per heavy atom. The third kappa shape index (κ3) is 5.06. The van der Waals surface area contributed by atoms with Crippen LogP contribution in [-0.2, 0) is 19.9 Å². The minimum atomic E-state index is -4.17. The van der Waals surface area contributed by atoms with Crippen LogP contribution in [0.3, 0.4) is 0 Å². The predicted octanol–water partition coefficient (Wildman–Crippen LogP) is 3.40. The summed E-state index contributed by atoms with van der Waals surface area (Å²) in [4.78, 5) is -0.194. The summed E-state index contributed by atoms with van der Waals surface area (Å²) >= 11 is 1.02. The number of hydrogen-bond donors (Lipinski definition) is 1. The van der Waals surface area contributed by atoms with Crippen LogP contribution < -0.4 is 14.2 Å². The second-order valence-corrected chi connectivity index (χ2v) is 11.4. The number of halogens is 1. The number of benzene rings is 2. The molecule has 0 amide bonds. The fourth-order valence-electron chi connectivity index (χ4n) is 2.91. The highest BCUT2D eigenvalue weighted by Crippen LogP contribution is 2.33. The number of rotatable bonds is 9. The van der Waals surface area contributed by atoms with Crippen molar-refractivity contribution in [1.82, 2.24) is 4.72 Å². The Kier molecular flexibility index (Phi) is 6.99. The van der Waals surface area contributed by atoms with Crippen LogP contribution in [-0.4, -0.2) is 37.6 Å². The van der Waals surface area contributed by atoms with E-state index in [9.17, 15) is 21.2 Å². The van der Waals surface area contributed by atoms with E-state index >= 15 is 0 Å². The summed E-state index contributed by atoms with van der Waals surface area (Å²) in [5.74, 6) is -0.159. The highest BCUT2D eigenvalue weighted by atomic mass is 32.2. The summed E-state index contributed by atoms with van der Waals surface area (Å²) in [6.07, 6.45) is 0. The van der Waals surface area contributed by atoms with Gasteiger partial charge in [0.1, 0.15) is 31.7 Å². The smallest absolute Gasteiger partial charge is 0.244 e. The number of hydrogen-bond acceptors (Lipinski definition) is 7. The summed E-state index contributed by atoms with van der Waals surface area (Å²) in [6, 6.07) is 12.2. The van der Waals surface area contributed by atoms with Crippen molar-refractivity contribution in [3.05, 3.63) is 71.4 Å². The van der Waals surface area contributed by atoms with Gasteiger partial charge in [-0.25, -0.2) is 25.9 Å². The molecule has 1 aromatic heterocycles. The quantitative estimate of drug-likeness (QED) is 0.499. The van der Waals surface area contributed by atoms with Crippen molar-refractivity contribution in [2.45, 2.75) is 14.4 Å². The van der Waals surface area contributed by atoms with Gasteiger partial charge in [0, 0.05) is 12.6 Å². The molecule has 0 radical (unpaired) electrons. The average Bonchev–Trinajstić information content (AvgIpc) is 3.30. The lowest BCUT2D eigenvalue weighted by atomic mass is 10.1. The largest absolute Gasteiger partial charge is 0.497 e. The molecule has 1 unspecified atom stereocenters. The Balaban J connectivity index is 1.98. The van der Waals surface area contributed by atoms with Crippen LogP contribution in [0.5, 0.6) is 11.5 Å². The Morgan fingerprint density at radius 3 is 2.29 bits per heavy atom. The molecule has 0 aliphatic carbocycles. The molecular weight excluding hydrogens is 465 g/mol. The topological polar surface area (TPSA) is 98.8 Å². The van der Waals surface area contributed by atoms with E-state index in [0.29, 0.717) is 5.75 Å². The highest BCUT2D eigenvalue weighted by molar-refractivity contribution is 7.93. The standard InChI is InChI=1S/C20H20FNO6S3/c1-27-16-9-10-17(28-2)18(12-16)31(25,26)22-13-19(14-5-7-15(21)8-6-14)30(23,24)20-4-3-11-29-20/h3-12,19,22H,13H2,1-2H3. The number of thiophene rings is 1. The lowest BCUT2D eigenvalue weighted by Gasteiger charge is -2.19.